The Morgan fingerprint density at radius 3 is 2.54 bits per heavy atom. The molecular formula is C19H18N2O4S. The summed E-state index contributed by atoms with van der Waals surface area (Å²) in [6.45, 7) is 1.98. The lowest BCUT2D eigenvalue weighted by Crippen LogP contribution is -2.30. The second kappa shape index (κ2) is 8.14. The first-order valence-corrected chi connectivity index (χ1v) is 9.03. The van der Waals surface area contributed by atoms with Crippen molar-refractivity contribution in [3.63, 3.8) is 0 Å². The summed E-state index contributed by atoms with van der Waals surface area (Å²) in [5.41, 5.74) is 2.42. The molecule has 0 radical (unpaired) electrons. The smallest absolute Gasteiger partial charge is 0.287 e. The largest absolute Gasteiger partial charge is 0.493 e. The number of pyridine rings is 1. The number of Topliss-reactive ketones (excluding diaryl/α,β-unsaturated/α-hetero) is 1. The Morgan fingerprint density at radius 1 is 1.19 bits per heavy atom. The fraction of sp³-hybridized carbons (Fsp3) is 0.263. The van der Waals surface area contributed by atoms with Gasteiger partial charge in [-0.3, -0.25) is 19.4 Å². The van der Waals surface area contributed by atoms with Gasteiger partial charge < -0.3 is 10.1 Å². The molecule has 0 bridgehead atoms. The van der Waals surface area contributed by atoms with Crippen LogP contribution in [-0.4, -0.2) is 33.8 Å². The fourth-order valence-corrected chi connectivity index (χ4v) is 3.21. The van der Waals surface area contributed by atoms with Gasteiger partial charge in [0.15, 0.2) is 5.78 Å². The number of ether oxygens (including phenoxy) is 1. The Morgan fingerprint density at radius 2 is 1.96 bits per heavy atom. The van der Waals surface area contributed by atoms with E-state index < -0.39 is 6.04 Å². The maximum absolute atomic E-state index is 11.6. The van der Waals surface area contributed by atoms with Crippen molar-refractivity contribution in [1.82, 2.24) is 10.3 Å². The Kier molecular flexibility index (Phi) is 5.68. The molecule has 26 heavy (non-hydrogen) atoms. The predicted octanol–water partition coefficient (Wildman–Crippen LogP) is 2.80. The third-order valence-electron chi connectivity index (χ3n) is 3.99. The monoisotopic (exact) mass is 370 g/mol. The van der Waals surface area contributed by atoms with E-state index in [1.54, 1.807) is 12.3 Å². The highest BCUT2D eigenvalue weighted by molar-refractivity contribution is 8.26. The number of aromatic nitrogens is 1. The van der Waals surface area contributed by atoms with Crippen molar-refractivity contribution in [2.45, 2.75) is 25.8 Å². The first-order valence-electron chi connectivity index (χ1n) is 8.21. The van der Waals surface area contributed by atoms with Crippen molar-refractivity contribution in [3.8, 4) is 5.75 Å². The molecule has 3 rings (SSSR count). The Bertz CT molecular complexity index is 818. The molecule has 1 atom stereocenters. The van der Waals surface area contributed by atoms with E-state index in [1.165, 1.54) is 6.92 Å². The van der Waals surface area contributed by atoms with Gasteiger partial charge in [-0.25, -0.2) is 0 Å². The molecule has 1 saturated heterocycles. The molecule has 1 N–H and O–H groups in total. The van der Waals surface area contributed by atoms with Crippen molar-refractivity contribution in [3.05, 3.63) is 59.4 Å². The van der Waals surface area contributed by atoms with Crippen LogP contribution in [0.3, 0.4) is 0 Å². The number of hydrogen-bond acceptors (Lipinski definition) is 6. The summed E-state index contributed by atoms with van der Waals surface area (Å²) in [6.07, 6.45) is 2.69. The molecule has 134 valence electrons. The van der Waals surface area contributed by atoms with Crippen LogP contribution < -0.4 is 10.1 Å². The number of carbonyl (C=O) groups is 3. The fourth-order valence-electron chi connectivity index (χ4n) is 2.54. The molecule has 0 saturated carbocycles. The summed E-state index contributed by atoms with van der Waals surface area (Å²) in [4.78, 5) is 38.3. The first kappa shape index (κ1) is 18.1. The van der Waals surface area contributed by atoms with Gasteiger partial charge in [0.1, 0.15) is 11.8 Å². The van der Waals surface area contributed by atoms with E-state index in [-0.39, 0.29) is 16.1 Å². The van der Waals surface area contributed by atoms with Crippen LogP contribution in [0.15, 0.2) is 42.6 Å². The summed E-state index contributed by atoms with van der Waals surface area (Å²) in [5, 5.41) is 2.22. The molecule has 2 aromatic rings. The third-order valence-corrected chi connectivity index (χ3v) is 4.78. The van der Waals surface area contributed by atoms with Crippen LogP contribution in [0.25, 0.3) is 0 Å². The third kappa shape index (κ3) is 4.70. The first-order chi connectivity index (χ1) is 12.5. The summed E-state index contributed by atoms with van der Waals surface area (Å²) in [5.74, 6) is 0.725. The summed E-state index contributed by atoms with van der Waals surface area (Å²) < 4.78 is 5.70. The molecular weight excluding hydrogens is 352 g/mol. The van der Waals surface area contributed by atoms with Gasteiger partial charge in [0.2, 0.25) is 5.12 Å². The van der Waals surface area contributed by atoms with E-state index in [4.69, 9.17) is 4.74 Å². The second-order valence-corrected chi connectivity index (χ2v) is 6.92. The highest BCUT2D eigenvalue weighted by atomic mass is 32.2. The van der Waals surface area contributed by atoms with Gasteiger partial charge in [-0.05, 0) is 36.8 Å². The van der Waals surface area contributed by atoms with E-state index in [0.717, 1.165) is 28.8 Å². The van der Waals surface area contributed by atoms with E-state index in [1.807, 2.05) is 30.3 Å². The Labute approximate surface area is 155 Å². The highest BCUT2D eigenvalue weighted by Gasteiger charge is 2.31. The van der Waals surface area contributed by atoms with Gasteiger partial charge in [0.25, 0.3) is 5.24 Å². The van der Waals surface area contributed by atoms with Gasteiger partial charge in [0, 0.05) is 42.1 Å². The van der Waals surface area contributed by atoms with E-state index in [0.29, 0.717) is 25.0 Å². The number of thioether (sulfide) groups is 1. The molecule has 7 heteroatoms. The van der Waals surface area contributed by atoms with Gasteiger partial charge in [-0.1, -0.05) is 12.1 Å². The van der Waals surface area contributed by atoms with Crippen LogP contribution in [0.4, 0.5) is 4.79 Å². The zero-order chi connectivity index (χ0) is 18.5. The average molecular weight is 370 g/mol. The quantitative estimate of drug-likeness (QED) is 0.755. The standard InChI is InChI=1S/C19H18N2O4S/c1-12(22)14-4-5-15(20-11-14)8-9-25-16-6-2-13(3-7-16)10-17-18(23)26-19(24)21-17/h2-7,11,17H,8-10H2,1H3,(H,21,24). The molecule has 0 aliphatic carbocycles. The van der Waals surface area contributed by atoms with Crippen LogP contribution in [0.2, 0.25) is 0 Å². The molecule has 6 nitrogen and oxygen atoms in total. The van der Waals surface area contributed by atoms with Crippen LogP contribution >= 0.6 is 11.8 Å². The van der Waals surface area contributed by atoms with Crippen molar-refractivity contribution in [2.24, 2.45) is 0 Å². The molecule has 1 unspecified atom stereocenters. The lowest BCUT2D eigenvalue weighted by molar-refractivity contribution is -0.112. The van der Waals surface area contributed by atoms with E-state index in [2.05, 4.69) is 10.3 Å². The van der Waals surface area contributed by atoms with Crippen LogP contribution in [0.1, 0.15) is 28.5 Å². The minimum Gasteiger partial charge on any atom is -0.493 e. The van der Waals surface area contributed by atoms with Crippen LogP contribution in [-0.2, 0) is 17.6 Å². The molecule has 1 aliphatic rings. The molecule has 0 spiro atoms. The number of rotatable bonds is 7. The second-order valence-electron chi connectivity index (χ2n) is 5.95. The number of hydrogen-bond donors (Lipinski definition) is 1. The van der Waals surface area contributed by atoms with Crippen molar-refractivity contribution >= 4 is 27.9 Å². The molecule has 2 heterocycles. The van der Waals surface area contributed by atoms with Gasteiger partial charge >= 0.3 is 0 Å². The topological polar surface area (TPSA) is 85.4 Å². The van der Waals surface area contributed by atoms with Crippen molar-refractivity contribution in [1.29, 1.82) is 0 Å². The SMILES string of the molecule is CC(=O)c1ccc(CCOc2ccc(CC3NC(=O)SC3=O)cc2)nc1. The number of nitrogens with one attached hydrogen (secondary N) is 1. The predicted molar refractivity (Wildman–Crippen MR) is 98.5 cm³/mol. The van der Waals surface area contributed by atoms with E-state index in [9.17, 15) is 14.4 Å². The normalized spacial score (nSPS) is 16.4. The minimum atomic E-state index is -0.455. The highest BCUT2D eigenvalue weighted by Crippen LogP contribution is 2.20. The van der Waals surface area contributed by atoms with Crippen molar-refractivity contribution in [2.75, 3.05) is 6.61 Å². The van der Waals surface area contributed by atoms with E-state index >= 15 is 0 Å². The lowest BCUT2D eigenvalue weighted by atomic mass is 10.1. The molecule has 1 aliphatic heterocycles. The molecule has 1 aromatic heterocycles. The summed E-state index contributed by atoms with van der Waals surface area (Å²) in [7, 11) is 0. The molecule has 1 aromatic carbocycles. The lowest BCUT2D eigenvalue weighted by Gasteiger charge is -2.10. The minimum absolute atomic E-state index is 0.00199. The average Bonchev–Trinajstić information content (AvgIpc) is 2.94. The number of carbonyl (C=O) groups excluding carboxylic acids is 3. The Balaban J connectivity index is 1.47. The summed E-state index contributed by atoms with van der Waals surface area (Å²) in [6, 6.07) is 10.6. The van der Waals surface area contributed by atoms with Gasteiger partial charge in [-0.2, -0.15) is 0 Å². The van der Waals surface area contributed by atoms with Crippen molar-refractivity contribution < 1.29 is 19.1 Å². The number of nitrogens with zero attached hydrogens (tertiary/aromatic N) is 1. The Hall–Kier alpha value is -2.67. The van der Waals surface area contributed by atoms with Gasteiger partial charge in [-0.15, -0.1) is 0 Å². The number of benzene rings is 1. The zero-order valence-corrected chi connectivity index (χ0v) is 15.0. The molecule has 1 fully saturated rings. The number of amides is 1. The van der Waals surface area contributed by atoms with Crippen LogP contribution in [0, 0.1) is 0 Å². The zero-order valence-electron chi connectivity index (χ0n) is 14.2. The number of ketones is 1. The molecule has 1 amide bonds. The maximum Gasteiger partial charge on any atom is 0.287 e. The maximum atomic E-state index is 11.6. The van der Waals surface area contributed by atoms with Gasteiger partial charge in [0.05, 0.1) is 6.61 Å². The van der Waals surface area contributed by atoms with Crippen LogP contribution in [0.5, 0.6) is 5.75 Å². The summed E-state index contributed by atoms with van der Waals surface area (Å²) >= 11 is 0.724.